The van der Waals surface area contributed by atoms with Gasteiger partial charge in [-0.2, -0.15) is 5.26 Å². The van der Waals surface area contributed by atoms with Crippen molar-refractivity contribution in [1.82, 2.24) is 0 Å². The monoisotopic (exact) mass is 478 g/mol. The first-order valence-corrected chi connectivity index (χ1v) is 11.3. The molecule has 3 aromatic rings. The van der Waals surface area contributed by atoms with Crippen molar-refractivity contribution in [2.45, 2.75) is 27.2 Å². The van der Waals surface area contributed by atoms with E-state index in [9.17, 15) is 10.1 Å². The lowest BCUT2D eigenvalue weighted by molar-refractivity contribution is -0.112. The molecule has 0 unspecified atom stereocenters. The largest absolute Gasteiger partial charge is 0.494 e. The zero-order valence-electron chi connectivity index (χ0n) is 18.7. The molecule has 3 aromatic carbocycles. The summed E-state index contributed by atoms with van der Waals surface area (Å²) in [6.07, 6.45) is 2.26. The first-order valence-electron chi connectivity index (χ1n) is 10.5. The summed E-state index contributed by atoms with van der Waals surface area (Å²) in [5.41, 5.74) is 5.79. The number of amides is 1. The smallest absolute Gasteiger partial charge is 0.266 e. The zero-order valence-corrected chi connectivity index (χ0v) is 20.2. The third-order valence-corrected chi connectivity index (χ3v) is 5.66. The molecular weight excluding hydrogens is 455 g/mol. The van der Waals surface area contributed by atoms with Crippen molar-refractivity contribution in [3.63, 3.8) is 0 Å². The number of aryl methyl sites for hydroxylation is 2. The summed E-state index contributed by atoms with van der Waals surface area (Å²) < 4.78 is 5.87. The van der Waals surface area contributed by atoms with Gasteiger partial charge in [0.25, 0.3) is 5.91 Å². The maximum Gasteiger partial charge on any atom is 0.266 e. The standard InChI is InChI=1S/C27H24Cl2N2O2/c1-4-33-26-14-19(5-6-21(26)13-20-10-17(2)9-18(3)11-20)12-22(16-30)27(32)31-23-7-8-24(28)25(29)15-23/h5-12,14-15H,4,13H2,1-3H3,(H,31,32)/b22-12+. The lowest BCUT2D eigenvalue weighted by Crippen LogP contribution is -2.13. The van der Waals surface area contributed by atoms with Crippen LogP contribution in [0.15, 0.2) is 60.2 Å². The minimum atomic E-state index is -0.534. The highest BCUT2D eigenvalue weighted by Gasteiger charge is 2.12. The molecule has 0 radical (unpaired) electrons. The summed E-state index contributed by atoms with van der Waals surface area (Å²) in [5, 5.41) is 12.9. The van der Waals surface area contributed by atoms with Crippen molar-refractivity contribution in [3.8, 4) is 11.8 Å². The number of nitriles is 1. The third kappa shape index (κ3) is 6.61. The number of rotatable bonds is 7. The van der Waals surface area contributed by atoms with E-state index in [-0.39, 0.29) is 5.57 Å². The summed E-state index contributed by atoms with van der Waals surface area (Å²) in [6, 6.07) is 18.9. The number of ether oxygens (including phenoxy) is 1. The number of anilines is 1. The van der Waals surface area contributed by atoms with Gasteiger partial charge in [0.15, 0.2) is 0 Å². The second kappa shape index (κ2) is 11.0. The molecule has 6 heteroatoms. The predicted octanol–water partition coefficient (Wildman–Crippen LogP) is 7.15. The molecule has 33 heavy (non-hydrogen) atoms. The predicted molar refractivity (Wildman–Crippen MR) is 135 cm³/mol. The van der Waals surface area contributed by atoms with Crippen LogP contribution in [-0.4, -0.2) is 12.5 Å². The van der Waals surface area contributed by atoms with Gasteiger partial charge in [0.05, 0.1) is 16.7 Å². The number of carbonyl (C=O) groups excluding carboxylic acids is 1. The topological polar surface area (TPSA) is 62.1 Å². The number of hydrogen-bond acceptors (Lipinski definition) is 3. The van der Waals surface area contributed by atoms with Crippen LogP contribution in [0.1, 0.15) is 34.7 Å². The number of carbonyl (C=O) groups is 1. The fourth-order valence-corrected chi connectivity index (χ4v) is 3.87. The van der Waals surface area contributed by atoms with E-state index in [1.807, 2.05) is 31.2 Å². The van der Waals surface area contributed by atoms with Crippen LogP contribution in [0.3, 0.4) is 0 Å². The highest BCUT2D eigenvalue weighted by Crippen LogP contribution is 2.27. The molecule has 0 saturated carbocycles. The Morgan fingerprint density at radius 2 is 1.76 bits per heavy atom. The molecule has 0 aliphatic rings. The molecule has 3 rings (SSSR count). The minimum Gasteiger partial charge on any atom is -0.494 e. The maximum absolute atomic E-state index is 12.6. The van der Waals surface area contributed by atoms with Gasteiger partial charge >= 0.3 is 0 Å². The zero-order chi connectivity index (χ0) is 24.0. The number of hydrogen-bond donors (Lipinski definition) is 1. The third-order valence-electron chi connectivity index (χ3n) is 4.92. The van der Waals surface area contributed by atoms with Crippen molar-refractivity contribution in [2.75, 3.05) is 11.9 Å². The van der Waals surface area contributed by atoms with E-state index < -0.39 is 5.91 Å². The van der Waals surface area contributed by atoms with Crippen molar-refractivity contribution < 1.29 is 9.53 Å². The van der Waals surface area contributed by atoms with Crippen molar-refractivity contribution in [2.24, 2.45) is 0 Å². The summed E-state index contributed by atoms with van der Waals surface area (Å²) in [6.45, 7) is 6.60. The molecule has 1 N–H and O–H groups in total. The van der Waals surface area contributed by atoms with E-state index in [0.717, 1.165) is 17.7 Å². The van der Waals surface area contributed by atoms with E-state index in [1.165, 1.54) is 28.8 Å². The quantitative estimate of drug-likeness (QED) is 0.289. The molecule has 0 aliphatic heterocycles. The van der Waals surface area contributed by atoms with Gasteiger partial charge in [-0.3, -0.25) is 4.79 Å². The molecule has 1 amide bonds. The average molecular weight is 479 g/mol. The molecule has 0 heterocycles. The highest BCUT2D eigenvalue weighted by atomic mass is 35.5. The molecule has 0 aromatic heterocycles. The fraction of sp³-hybridized carbons (Fsp3) is 0.185. The molecule has 4 nitrogen and oxygen atoms in total. The Morgan fingerprint density at radius 3 is 2.39 bits per heavy atom. The molecule has 0 aliphatic carbocycles. The number of nitrogens with zero attached hydrogens (tertiary/aromatic N) is 1. The van der Waals surface area contributed by atoms with Crippen molar-refractivity contribution >= 4 is 40.9 Å². The van der Waals surface area contributed by atoms with E-state index in [1.54, 1.807) is 12.1 Å². The van der Waals surface area contributed by atoms with Gasteiger partial charge in [-0.05, 0) is 67.8 Å². The van der Waals surface area contributed by atoms with E-state index >= 15 is 0 Å². The van der Waals surface area contributed by atoms with Crippen LogP contribution >= 0.6 is 23.2 Å². The summed E-state index contributed by atoms with van der Waals surface area (Å²) in [5.74, 6) is 0.195. The second-order valence-electron chi connectivity index (χ2n) is 7.73. The van der Waals surface area contributed by atoms with Gasteiger partial charge in [-0.1, -0.05) is 64.7 Å². The molecule has 0 fully saturated rings. The Labute approximate surface area is 204 Å². The average Bonchev–Trinajstić information content (AvgIpc) is 2.75. The SMILES string of the molecule is CCOc1cc(/C=C(\C#N)C(=O)Nc2ccc(Cl)c(Cl)c2)ccc1Cc1cc(C)cc(C)c1. The van der Waals surface area contributed by atoms with Crippen LogP contribution in [0.4, 0.5) is 5.69 Å². The van der Waals surface area contributed by atoms with Crippen molar-refractivity contribution in [1.29, 1.82) is 5.26 Å². The van der Waals surface area contributed by atoms with Gasteiger partial charge in [0, 0.05) is 12.1 Å². The second-order valence-corrected chi connectivity index (χ2v) is 8.54. The molecule has 0 saturated heterocycles. The van der Waals surface area contributed by atoms with Crippen LogP contribution in [-0.2, 0) is 11.2 Å². The Bertz CT molecular complexity index is 1240. The van der Waals surface area contributed by atoms with E-state index in [0.29, 0.717) is 27.9 Å². The Balaban J connectivity index is 1.86. The van der Waals surface area contributed by atoms with Crippen LogP contribution in [0, 0.1) is 25.2 Å². The Kier molecular flexibility index (Phi) is 8.16. The van der Waals surface area contributed by atoms with Gasteiger partial charge in [-0.15, -0.1) is 0 Å². The first-order chi connectivity index (χ1) is 15.8. The highest BCUT2D eigenvalue weighted by molar-refractivity contribution is 6.42. The van der Waals surface area contributed by atoms with E-state index in [2.05, 4.69) is 37.4 Å². The van der Waals surface area contributed by atoms with Crippen LogP contribution in [0.2, 0.25) is 10.0 Å². The number of benzene rings is 3. The van der Waals surface area contributed by atoms with Crippen LogP contribution < -0.4 is 10.1 Å². The summed E-state index contributed by atoms with van der Waals surface area (Å²) in [4.78, 5) is 12.6. The molecule has 0 spiro atoms. The van der Waals surface area contributed by atoms with Crippen LogP contribution in [0.25, 0.3) is 6.08 Å². The summed E-state index contributed by atoms with van der Waals surface area (Å²) in [7, 11) is 0. The van der Waals surface area contributed by atoms with E-state index in [4.69, 9.17) is 27.9 Å². The fourth-order valence-electron chi connectivity index (χ4n) is 3.58. The molecule has 0 bridgehead atoms. The van der Waals surface area contributed by atoms with Gasteiger partial charge < -0.3 is 10.1 Å². The lowest BCUT2D eigenvalue weighted by atomic mass is 9.98. The Hall–Kier alpha value is -3.26. The number of nitrogens with one attached hydrogen (secondary N) is 1. The molecular formula is C27H24Cl2N2O2. The number of halogens is 2. The maximum atomic E-state index is 12.6. The van der Waals surface area contributed by atoms with Gasteiger partial charge in [-0.25, -0.2) is 0 Å². The normalized spacial score (nSPS) is 11.1. The minimum absolute atomic E-state index is 0.0365. The lowest BCUT2D eigenvalue weighted by Gasteiger charge is -2.13. The van der Waals surface area contributed by atoms with Crippen molar-refractivity contribution in [3.05, 3.63) is 98.0 Å². The first kappa shape index (κ1) is 24.4. The molecule has 0 atom stereocenters. The van der Waals surface area contributed by atoms with Gasteiger partial charge in [0.2, 0.25) is 0 Å². The van der Waals surface area contributed by atoms with Crippen LogP contribution in [0.5, 0.6) is 5.75 Å². The molecule has 168 valence electrons. The summed E-state index contributed by atoms with van der Waals surface area (Å²) >= 11 is 11.9. The Morgan fingerprint density at radius 1 is 1.03 bits per heavy atom. The van der Waals surface area contributed by atoms with Gasteiger partial charge in [0.1, 0.15) is 17.4 Å².